The molecule has 1 saturated heterocycles. The minimum atomic E-state index is -3.78. The lowest BCUT2D eigenvalue weighted by Crippen LogP contribution is -2.51. The first-order valence-electron chi connectivity index (χ1n) is 10.9. The number of nitrogens with zero attached hydrogens (tertiary/aromatic N) is 6. The van der Waals surface area contributed by atoms with Crippen LogP contribution in [0.3, 0.4) is 0 Å². The highest BCUT2D eigenvalue weighted by atomic mass is 32.2. The Labute approximate surface area is 199 Å². The lowest BCUT2D eigenvalue weighted by Gasteiger charge is -2.34. The zero-order chi connectivity index (χ0) is 24.6. The summed E-state index contributed by atoms with van der Waals surface area (Å²) >= 11 is 0. The van der Waals surface area contributed by atoms with Gasteiger partial charge in [-0.25, -0.2) is 22.5 Å². The van der Waals surface area contributed by atoms with Crippen molar-refractivity contribution in [2.75, 3.05) is 26.2 Å². The zero-order valence-electron chi connectivity index (χ0n) is 18.5. The van der Waals surface area contributed by atoms with E-state index >= 15 is 0 Å². The minimum Gasteiger partial charge on any atom is -0.338 e. The quantitative estimate of drug-likeness (QED) is 0.411. The molecule has 1 aliphatic heterocycles. The summed E-state index contributed by atoms with van der Waals surface area (Å²) in [5.74, 6) is -0.836. The predicted molar refractivity (Wildman–Crippen MR) is 125 cm³/mol. The van der Waals surface area contributed by atoms with Crippen molar-refractivity contribution in [2.24, 2.45) is 0 Å². The van der Waals surface area contributed by atoms with Gasteiger partial charge < -0.3 is 4.90 Å². The number of benzene rings is 2. The summed E-state index contributed by atoms with van der Waals surface area (Å²) in [6.07, 6.45) is 2.75. The van der Waals surface area contributed by atoms with E-state index in [1.54, 1.807) is 4.68 Å². The van der Waals surface area contributed by atoms with Crippen LogP contribution in [0.15, 0.2) is 76.8 Å². The molecule has 1 fully saturated rings. The van der Waals surface area contributed by atoms with Gasteiger partial charge in [0.15, 0.2) is 5.65 Å². The molecule has 0 radical (unpaired) electrons. The van der Waals surface area contributed by atoms with Gasteiger partial charge in [0, 0.05) is 26.2 Å². The molecule has 4 aromatic rings. The van der Waals surface area contributed by atoms with E-state index in [4.69, 9.17) is 0 Å². The van der Waals surface area contributed by atoms with Gasteiger partial charge in [-0.3, -0.25) is 14.2 Å². The Morgan fingerprint density at radius 2 is 1.66 bits per heavy atom. The fourth-order valence-corrected chi connectivity index (χ4v) is 5.42. The normalized spacial score (nSPS) is 14.9. The van der Waals surface area contributed by atoms with Crippen molar-refractivity contribution in [3.05, 3.63) is 83.3 Å². The lowest BCUT2D eigenvalue weighted by molar-refractivity contribution is -0.133. The van der Waals surface area contributed by atoms with E-state index < -0.39 is 15.8 Å². The summed E-state index contributed by atoms with van der Waals surface area (Å²) < 4.78 is 42.8. The molecular formula is C23H21FN6O4S. The molecule has 12 heteroatoms. The summed E-state index contributed by atoms with van der Waals surface area (Å²) in [6, 6.07) is 13.9. The Morgan fingerprint density at radius 3 is 2.34 bits per heavy atom. The molecule has 0 spiro atoms. The van der Waals surface area contributed by atoms with E-state index in [1.165, 1.54) is 38.4 Å². The Hall–Kier alpha value is -3.90. The van der Waals surface area contributed by atoms with Crippen LogP contribution in [-0.4, -0.2) is 69.0 Å². The summed E-state index contributed by atoms with van der Waals surface area (Å²) in [7, 11) is -3.78. The topological polar surface area (TPSA) is 110 Å². The Bertz CT molecular complexity index is 1540. The van der Waals surface area contributed by atoms with E-state index in [1.807, 2.05) is 30.3 Å². The molecule has 1 aliphatic rings. The molecule has 35 heavy (non-hydrogen) atoms. The van der Waals surface area contributed by atoms with E-state index in [-0.39, 0.29) is 49.1 Å². The number of hydrogen-bond acceptors (Lipinski definition) is 6. The number of carbonyl (C=O) groups excluding carboxylic acids is 1. The SMILES string of the molecule is O=C(Cn1cnc2c(cnn2-c2ccccc2)c1=O)N1CCN(S(=O)(=O)c2ccc(F)cc2)CC1. The molecule has 0 N–H and O–H groups in total. The van der Waals surface area contributed by atoms with Gasteiger partial charge in [-0.15, -0.1) is 0 Å². The largest absolute Gasteiger partial charge is 0.338 e. The van der Waals surface area contributed by atoms with Gasteiger partial charge in [0.1, 0.15) is 24.1 Å². The molecule has 0 atom stereocenters. The molecule has 2 aromatic heterocycles. The van der Waals surface area contributed by atoms with Gasteiger partial charge in [-0.1, -0.05) is 18.2 Å². The monoisotopic (exact) mass is 496 g/mol. The minimum absolute atomic E-state index is 0.000606. The number of para-hydroxylation sites is 1. The molecule has 3 heterocycles. The average molecular weight is 497 g/mol. The van der Waals surface area contributed by atoms with Crippen molar-refractivity contribution in [3.8, 4) is 5.69 Å². The number of amides is 1. The lowest BCUT2D eigenvalue weighted by atomic mass is 10.3. The molecule has 0 unspecified atom stereocenters. The van der Waals surface area contributed by atoms with Crippen LogP contribution < -0.4 is 5.56 Å². The third-order valence-corrected chi connectivity index (χ3v) is 7.82. The highest BCUT2D eigenvalue weighted by molar-refractivity contribution is 7.89. The van der Waals surface area contributed by atoms with Crippen LogP contribution in [0.5, 0.6) is 0 Å². The predicted octanol–water partition coefficient (Wildman–Crippen LogP) is 1.25. The molecule has 0 saturated carbocycles. The Balaban J connectivity index is 1.28. The first kappa shape index (κ1) is 22.9. The highest BCUT2D eigenvalue weighted by Gasteiger charge is 2.30. The van der Waals surface area contributed by atoms with Crippen LogP contribution in [0.1, 0.15) is 0 Å². The summed E-state index contributed by atoms with van der Waals surface area (Å²) in [5.41, 5.74) is 0.768. The van der Waals surface area contributed by atoms with E-state index in [0.717, 1.165) is 17.8 Å². The van der Waals surface area contributed by atoms with Gasteiger partial charge in [0.05, 0.1) is 16.8 Å². The van der Waals surface area contributed by atoms with E-state index in [9.17, 15) is 22.4 Å². The molecule has 180 valence electrons. The number of rotatable bonds is 5. The summed E-state index contributed by atoms with van der Waals surface area (Å²) in [4.78, 5) is 31.6. The first-order valence-corrected chi connectivity index (χ1v) is 12.3. The summed E-state index contributed by atoms with van der Waals surface area (Å²) in [6.45, 7) is 0.331. The van der Waals surface area contributed by atoms with Crippen LogP contribution in [0.2, 0.25) is 0 Å². The standard InChI is InChI=1S/C23H21FN6O4S/c24-17-6-8-19(9-7-17)35(33,34)29-12-10-27(11-13-29)21(31)15-28-16-25-22-20(23(28)32)14-26-30(22)18-4-2-1-3-5-18/h1-9,14,16H,10-13,15H2. The molecule has 2 aromatic carbocycles. The van der Waals surface area contributed by atoms with Crippen LogP contribution in [0.4, 0.5) is 4.39 Å². The van der Waals surface area contributed by atoms with Crippen molar-refractivity contribution in [2.45, 2.75) is 11.4 Å². The van der Waals surface area contributed by atoms with Gasteiger partial charge in [0.25, 0.3) is 5.56 Å². The Morgan fingerprint density at radius 1 is 0.971 bits per heavy atom. The molecule has 0 bridgehead atoms. The van der Waals surface area contributed by atoms with Crippen molar-refractivity contribution < 1.29 is 17.6 Å². The van der Waals surface area contributed by atoms with Crippen molar-refractivity contribution >= 4 is 27.0 Å². The average Bonchev–Trinajstić information content (AvgIpc) is 3.31. The second kappa shape index (κ2) is 9.04. The number of halogens is 1. The number of aromatic nitrogens is 4. The fraction of sp³-hybridized carbons (Fsp3) is 0.217. The second-order valence-corrected chi connectivity index (χ2v) is 9.98. The summed E-state index contributed by atoms with van der Waals surface area (Å²) in [5, 5.41) is 4.55. The fourth-order valence-electron chi connectivity index (χ4n) is 4.00. The highest BCUT2D eigenvalue weighted by Crippen LogP contribution is 2.18. The van der Waals surface area contributed by atoms with Gasteiger partial charge in [-0.2, -0.15) is 9.40 Å². The number of sulfonamides is 1. The zero-order valence-corrected chi connectivity index (χ0v) is 19.3. The van der Waals surface area contributed by atoms with Gasteiger partial charge >= 0.3 is 0 Å². The van der Waals surface area contributed by atoms with Crippen LogP contribution in [0, 0.1) is 5.82 Å². The number of hydrogen-bond donors (Lipinski definition) is 0. The van der Waals surface area contributed by atoms with Gasteiger partial charge in [-0.05, 0) is 36.4 Å². The van der Waals surface area contributed by atoms with Crippen LogP contribution >= 0.6 is 0 Å². The molecular weight excluding hydrogens is 475 g/mol. The van der Waals surface area contributed by atoms with E-state index in [0.29, 0.717) is 11.0 Å². The smallest absolute Gasteiger partial charge is 0.264 e. The number of carbonyl (C=O) groups is 1. The second-order valence-electron chi connectivity index (χ2n) is 8.05. The maximum Gasteiger partial charge on any atom is 0.264 e. The third kappa shape index (κ3) is 4.33. The van der Waals surface area contributed by atoms with Crippen LogP contribution in [0.25, 0.3) is 16.7 Å². The first-order chi connectivity index (χ1) is 16.8. The van der Waals surface area contributed by atoms with E-state index in [2.05, 4.69) is 10.1 Å². The maximum absolute atomic E-state index is 13.1. The van der Waals surface area contributed by atoms with Crippen LogP contribution in [-0.2, 0) is 21.4 Å². The number of piperazine rings is 1. The van der Waals surface area contributed by atoms with Crippen molar-refractivity contribution in [3.63, 3.8) is 0 Å². The number of fused-ring (bicyclic) bond motifs is 1. The molecule has 1 amide bonds. The molecule has 10 nitrogen and oxygen atoms in total. The Kier molecular flexibility index (Phi) is 5.91. The third-order valence-electron chi connectivity index (χ3n) is 5.90. The van der Waals surface area contributed by atoms with Gasteiger partial charge in [0.2, 0.25) is 15.9 Å². The maximum atomic E-state index is 13.1. The van der Waals surface area contributed by atoms with Crippen molar-refractivity contribution in [1.29, 1.82) is 0 Å². The van der Waals surface area contributed by atoms with Crippen molar-refractivity contribution in [1.82, 2.24) is 28.5 Å². The molecule has 0 aliphatic carbocycles. The molecule has 5 rings (SSSR count).